The third-order valence-corrected chi connectivity index (χ3v) is 5.17. The number of hydrogen-bond acceptors (Lipinski definition) is 8. The molecule has 0 saturated carbocycles. The van der Waals surface area contributed by atoms with E-state index in [-0.39, 0.29) is 45.3 Å². The number of rotatable bonds is 4. The van der Waals surface area contributed by atoms with Crippen LogP contribution in [0.15, 0.2) is 0 Å². The van der Waals surface area contributed by atoms with E-state index < -0.39 is 48.0 Å². The molecule has 4 atom stereocenters. The molecule has 0 radical (unpaired) electrons. The zero-order chi connectivity index (χ0) is 27.4. The molecule has 17 heteroatoms. The minimum Gasteiger partial charge on any atom is -0.480 e. The van der Waals surface area contributed by atoms with Gasteiger partial charge >= 0.3 is 23.9 Å². The topological polar surface area (TPSA) is 266 Å². The van der Waals surface area contributed by atoms with Gasteiger partial charge in [-0.1, -0.05) is 0 Å². The van der Waals surface area contributed by atoms with Crippen LogP contribution in [0.5, 0.6) is 0 Å². The van der Waals surface area contributed by atoms with Gasteiger partial charge in [0.2, 0.25) is 23.6 Å². The Morgan fingerprint density at radius 1 is 0.459 bits per heavy atom. The van der Waals surface area contributed by atoms with Crippen molar-refractivity contribution >= 4 is 47.5 Å². The summed E-state index contributed by atoms with van der Waals surface area (Å²) >= 11 is 0. The largest absolute Gasteiger partial charge is 0.480 e. The van der Waals surface area contributed by atoms with Crippen molar-refractivity contribution in [2.24, 2.45) is 0 Å². The molecule has 4 fully saturated rings. The fraction of sp³-hybridized carbons (Fsp3) is 0.600. The Hall–Kier alpha value is -3.53. The second-order valence-electron chi connectivity index (χ2n) is 7.99. The van der Waals surface area contributed by atoms with Crippen LogP contribution < -0.4 is 21.3 Å². The van der Waals surface area contributed by atoms with Gasteiger partial charge in [0, 0.05) is 47.4 Å². The quantitative estimate of drug-likeness (QED) is 0.163. The molecule has 4 amide bonds. The Balaban J connectivity index is 0.000000463. The summed E-state index contributed by atoms with van der Waals surface area (Å²) in [6, 6.07) is -2.56. The Kier molecular flexibility index (Phi) is 14.7. The first-order chi connectivity index (χ1) is 16.8. The third kappa shape index (κ3) is 12.8. The van der Waals surface area contributed by atoms with E-state index in [0.29, 0.717) is 51.4 Å². The molecule has 8 N–H and O–H groups in total. The van der Waals surface area contributed by atoms with Gasteiger partial charge in [-0.3, -0.25) is 19.2 Å². The summed E-state index contributed by atoms with van der Waals surface area (Å²) in [7, 11) is 0. The smallest absolute Gasteiger partial charge is 0.326 e. The predicted molar refractivity (Wildman–Crippen MR) is 115 cm³/mol. The van der Waals surface area contributed by atoms with E-state index in [9.17, 15) is 38.4 Å². The van der Waals surface area contributed by atoms with Gasteiger partial charge in [0.15, 0.2) is 0 Å². The van der Waals surface area contributed by atoms with Crippen LogP contribution in [0.2, 0.25) is 0 Å². The van der Waals surface area contributed by atoms with E-state index in [1.165, 1.54) is 0 Å². The second-order valence-corrected chi connectivity index (χ2v) is 7.99. The van der Waals surface area contributed by atoms with Crippen molar-refractivity contribution in [2.75, 3.05) is 0 Å². The Bertz CT molecular complexity index is 768. The molecule has 4 aliphatic rings. The van der Waals surface area contributed by atoms with Gasteiger partial charge in [0.1, 0.15) is 24.2 Å². The number of nitrogens with one attached hydrogen (secondary N) is 4. The molecule has 4 saturated heterocycles. The van der Waals surface area contributed by atoms with Crippen LogP contribution >= 0.6 is 0 Å². The molecule has 0 aromatic heterocycles. The van der Waals surface area contributed by atoms with E-state index in [4.69, 9.17) is 20.4 Å². The normalized spacial score (nSPS) is 25.1. The number of aliphatic carboxylic acids is 4. The van der Waals surface area contributed by atoms with Gasteiger partial charge in [0.25, 0.3) is 0 Å². The van der Waals surface area contributed by atoms with Crippen molar-refractivity contribution in [1.29, 1.82) is 0 Å². The monoisotopic (exact) mass is 564 g/mol. The van der Waals surface area contributed by atoms with Crippen molar-refractivity contribution < 1.29 is 80.5 Å². The van der Waals surface area contributed by atoms with Gasteiger partial charge in [-0.05, 0) is 25.7 Å². The zero-order valence-corrected chi connectivity index (χ0v) is 21.1. The molecule has 0 bridgehead atoms. The summed E-state index contributed by atoms with van der Waals surface area (Å²) in [6.07, 6.45) is 3.08. The average Bonchev–Trinajstić information content (AvgIpc) is 3.58. The molecular formula is C20H28N4O12Ti. The number of carbonyl (C=O) groups excluding carboxylic acids is 4. The molecule has 4 heterocycles. The number of carboxylic acids is 4. The zero-order valence-electron chi connectivity index (χ0n) is 19.5. The number of amides is 4. The summed E-state index contributed by atoms with van der Waals surface area (Å²) in [5.41, 5.74) is 0. The van der Waals surface area contributed by atoms with Crippen LogP contribution in [0.3, 0.4) is 0 Å². The summed E-state index contributed by atoms with van der Waals surface area (Å²) in [5, 5.41) is 42.5. The van der Waals surface area contributed by atoms with Gasteiger partial charge < -0.3 is 41.7 Å². The number of hydrogen-bond donors (Lipinski definition) is 8. The van der Waals surface area contributed by atoms with Crippen molar-refractivity contribution in [2.45, 2.75) is 75.5 Å². The Morgan fingerprint density at radius 2 is 0.622 bits per heavy atom. The van der Waals surface area contributed by atoms with Crippen molar-refractivity contribution in [3.8, 4) is 0 Å². The summed E-state index contributed by atoms with van der Waals surface area (Å²) in [5.74, 6) is -4.43. The summed E-state index contributed by atoms with van der Waals surface area (Å²) < 4.78 is 0. The molecule has 16 nitrogen and oxygen atoms in total. The maximum absolute atomic E-state index is 10.4. The van der Waals surface area contributed by atoms with Crippen molar-refractivity contribution in [3.63, 3.8) is 0 Å². The molecule has 0 aliphatic carbocycles. The fourth-order valence-corrected chi connectivity index (χ4v) is 3.20. The molecular weight excluding hydrogens is 536 g/mol. The maximum Gasteiger partial charge on any atom is 0.326 e. The standard InChI is InChI=1S/4C5H7NO3.Ti/c4*7-4-2-1-3(6-4)5(8)9;/h4*3H,1-2H2,(H,6,7)(H,8,9);. The molecule has 0 spiro atoms. The van der Waals surface area contributed by atoms with Gasteiger partial charge in [-0.25, -0.2) is 19.2 Å². The molecule has 204 valence electrons. The Morgan fingerprint density at radius 3 is 0.676 bits per heavy atom. The van der Waals surface area contributed by atoms with Crippen LogP contribution in [0.4, 0.5) is 0 Å². The van der Waals surface area contributed by atoms with Crippen LogP contribution in [0.1, 0.15) is 51.4 Å². The van der Waals surface area contributed by atoms with Crippen LogP contribution in [0, 0.1) is 0 Å². The van der Waals surface area contributed by atoms with Crippen LogP contribution in [0.25, 0.3) is 0 Å². The Labute approximate surface area is 224 Å². The molecule has 4 unspecified atom stereocenters. The predicted octanol–water partition coefficient (Wildman–Crippen LogP) is -2.60. The van der Waals surface area contributed by atoms with Crippen LogP contribution in [-0.4, -0.2) is 92.1 Å². The summed E-state index contributed by atoms with van der Waals surface area (Å²) in [6.45, 7) is 0. The van der Waals surface area contributed by atoms with Gasteiger partial charge in [0.05, 0.1) is 0 Å². The molecule has 4 rings (SSSR count). The number of carbonyl (C=O) groups is 8. The first-order valence-corrected chi connectivity index (χ1v) is 10.9. The first-order valence-electron chi connectivity index (χ1n) is 10.9. The van der Waals surface area contributed by atoms with E-state index in [0.717, 1.165) is 0 Å². The maximum atomic E-state index is 10.4. The number of carboxylic acid groups (broad SMARTS) is 4. The van der Waals surface area contributed by atoms with Gasteiger partial charge in [-0.15, -0.1) is 0 Å². The molecule has 4 aliphatic heterocycles. The van der Waals surface area contributed by atoms with E-state index >= 15 is 0 Å². The fourth-order valence-electron chi connectivity index (χ4n) is 3.20. The molecule has 0 aromatic carbocycles. The minimum atomic E-state index is -0.944. The second kappa shape index (κ2) is 16.3. The first kappa shape index (κ1) is 33.5. The molecule has 0 aromatic rings. The molecule has 37 heavy (non-hydrogen) atoms. The van der Waals surface area contributed by atoms with E-state index in [1.807, 2.05) is 0 Å². The minimum absolute atomic E-state index is 0. The SMILES string of the molecule is O=C1CCC(C(=O)O)N1.O=C1CCC(C(=O)O)N1.O=C1CCC(C(=O)O)N1.O=C1CCC(C(=O)O)N1.[Ti]. The summed E-state index contributed by atoms with van der Waals surface area (Å²) in [4.78, 5) is 82.1. The van der Waals surface area contributed by atoms with Crippen molar-refractivity contribution in [1.82, 2.24) is 21.3 Å². The van der Waals surface area contributed by atoms with Gasteiger partial charge in [-0.2, -0.15) is 0 Å². The van der Waals surface area contributed by atoms with Crippen LogP contribution in [-0.2, 0) is 60.1 Å². The van der Waals surface area contributed by atoms with Crippen molar-refractivity contribution in [3.05, 3.63) is 0 Å². The van der Waals surface area contributed by atoms with E-state index in [2.05, 4.69) is 21.3 Å². The third-order valence-electron chi connectivity index (χ3n) is 5.17. The average molecular weight is 564 g/mol. The van der Waals surface area contributed by atoms with E-state index in [1.54, 1.807) is 0 Å².